The van der Waals surface area contributed by atoms with Crippen LogP contribution in [0.1, 0.15) is 34.7 Å². The summed E-state index contributed by atoms with van der Waals surface area (Å²) in [6.45, 7) is 1.84. The van der Waals surface area contributed by atoms with Crippen molar-refractivity contribution >= 4 is 27.8 Å². The van der Waals surface area contributed by atoms with E-state index in [9.17, 15) is 4.79 Å². The molecule has 3 aromatic rings. The lowest BCUT2D eigenvalue weighted by Gasteiger charge is -2.10. The molecule has 23 heavy (non-hydrogen) atoms. The summed E-state index contributed by atoms with van der Waals surface area (Å²) in [5, 5.41) is 5.15. The monoisotopic (exact) mass is 323 g/mol. The quantitative estimate of drug-likeness (QED) is 0.677. The van der Waals surface area contributed by atoms with E-state index >= 15 is 0 Å². The van der Waals surface area contributed by atoms with Crippen LogP contribution >= 0.6 is 11.3 Å². The first-order valence-electron chi connectivity index (χ1n) is 7.87. The molecule has 0 amide bonds. The van der Waals surface area contributed by atoms with E-state index in [1.54, 1.807) is 17.6 Å². The maximum Gasteiger partial charge on any atom is 0.283 e. The fraction of sp³-hybridized carbons (Fsp3) is 0.278. The zero-order chi connectivity index (χ0) is 15.8. The Morgan fingerprint density at radius 1 is 1.22 bits per heavy atom. The number of hydrogen-bond acceptors (Lipinski definition) is 4. The van der Waals surface area contributed by atoms with Gasteiger partial charge in [0.25, 0.3) is 5.56 Å². The molecule has 0 atom stereocenters. The summed E-state index contributed by atoms with van der Waals surface area (Å²) in [6.07, 6.45) is 6.12. The number of aromatic nitrogens is 2. The number of fused-ring (bicyclic) bond motifs is 3. The molecule has 4 nitrogen and oxygen atoms in total. The Morgan fingerprint density at radius 2 is 2.00 bits per heavy atom. The molecule has 0 saturated heterocycles. The second-order valence-corrected chi connectivity index (χ2v) is 6.91. The summed E-state index contributed by atoms with van der Waals surface area (Å²) in [6, 6.07) is 9.78. The summed E-state index contributed by atoms with van der Waals surface area (Å²) >= 11 is 1.67. The van der Waals surface area contributed by atoms with Gasteiger partial charge < -0.3 is 0 Å². The highest BCUT2D eigenvalue weighted by Gasteiger charge is 2.20. The van der Waals surface area contributed by atoms with Crippen LogP contribution in [-0.4, -0.2) is 15.9 Å². The van der Waals surface area contributed by atoms with Crippen molar-refractivity contribution in [1.82, 2.24) is 9.66 Å². The van der Waals surface area contributed by atoms with Gasteiger partial charge in [-0.1, -0.05) is 30.3 Å². The molecular formula is C18H17N3OS. The van der Waals surface area contributed by atoms with Crippen LogP contribution in [0.3, 0.4) is 0 Å². The molecule has 0 N–H and O–H groups in total. The van der Waals surface area contributed by atoms with E-state index in [0.29, 0.717) is 5.82 Å². The third kappa shape index (κ3) is 2.51. The van der Waals surface area contributed by atoms with Crippen molar-refractivity contribution < 1.29 is 0 Å². The molecule has 4 rings (SSSR count). The topological polar surface area (TPSA) is 47.2 Å². The second-order valence-electron chi connectivity index (χ2n) is 5.82. The third-order valence-electron chi connectivity index (χ3n) is 4.25. The zero-order valence-corrected chi connectivity index (χ0v) is 13.8. The van der Waals surface area contributed by atoms with Crippen molar-refractivity contribution in [2.45, 2.75) is 32.6 Å². The van der Waals surface area contributed by atoms with Crippen LogP contribution in [0.4, 0.5) is 0 Å². The van der Waals surface area contributed by atoms with Crippen molar-refractivity contribution in [2.24, 2.45) is 5.10 Å². The summed E-state index contributed by atoms with van der Waals surface area (Å²) in [4.78, 5) is 19.7. The molecule has 5 heteroatoms. The molecule has 1 aliphatic rings. The van der Waals surface area contributed by atoms with Crippen molar-refractivity contribution in [2.75, 3.05) is 0 Å². The molecular weight excluding hydrogens is 306 g/mol. The molecule has 1 aliphatic carbocycles. The van der Waals surface area contributed by atoms with E-state index in [-0.39, 0.29) is 5.56 Å². The van der Waals surface area contributed by atoms with Crippen molar-refractivity contribution in [3.63, 3.8) is 0 Å². The van der Waals surface area contributed by atoms with Crippen LogP contribution in [0, 0.1) is 6.92 Å². The summed E-state index contributed by atoms with van der Waals surface area (Å²) in [5.74, 6) is 0.633. The number of thiophene rings is 1. The van der Waals surface area contributed by atoms with Crippen LogP contribution in [-0.2, 0) is 12.8 Å². The highest BCUT2D eigenvalue weighted by molar-refractivity contribution is 7.18. The first kappa shape index (κ1) is 14.3. The Kier molecular flexibility index (Phi) is 3.58. The van der Waals surface area contributed by atoms with Gasteiger partial charge in [0.15, 0.2) is 0 Å². The average molecular weight is 323 g/mol. The molecule has 1 aromatic carbocycles. The van der Waals surface area contributed by atoms with E-state index in [0.717, 1.165) is 35.0 Å². The minimum absolute atomic E-state index is 0.0425. The predicted molar refractivity (Wildman–Crippen MR) is 94.7 cm³/mol. The number of hydrogen-bond donors (Lipinski definition) is 0. The molecule has 0 aliphatic heterocycles. The molecule has 0 bridgehead atoms. The second kappa shape index (κ2) is 5.74. The van der Waals surface area contributed by atoms with Gasteiger partial charge in [0.1, 0.15) is 10.7 Å². The largest absolute Gasteiger partial charge is 0.283 e. The maximum absolute atomic E-state index is 12.9. The lowest BCUT2D eigenvalue weighted by molar-refractivity contribution is 0.698. The van der Waals surface area contributed by atoms with E-state index in [1.807, 2.05) is 37.3 Å². The molecule has 0 radical (unpaired) electrons. The normalized spacial score (nSPS) is 14.5. The maximum atomic E-state index is 12.9. The minimum atomic E-state index is -0.0425. The van der Waals surface area contributed by atoms with Crippen LogP contribution in [0.2, 0.25) is 0 Å². The molecule has 2 heterocycles. The number of rotatable bonds is 2. The smallest absolute Gasteiger partial charge is 0.267 e. The number of benzene rings is 1. The van der Waals surface area contributed by atoms with Crippen LogP contribution in [0.25, 0.3) is 10.2 Å². The van der Waals surface area contributed by atoms with Crippen LogP contribution in [0.15, 0.2) is 40.2 Å². The van der Waals surface area contributed by atoms with Gasteiger partial charge in [-0.2, -0.15) is 9.78 Å². The predicted octanol–water partition coefficient (Wildman–Crippen LogP) is 3.53. The minimum Gasteiger partial charge on any atom is -0.267 e. The Labute approximate surface area is 138 Å². The Morgan fingerprint density at radius 3 is 2.83 bits per heavy atom. The van der Waals surface area contributed by atoms with Gasteiger partial charge in [0, 0.05) is 4.88 Å². The van der Waals surface area contributed by atoms with Crippen molar-refractivity contribution in [3.05, 3.63) is 62.5 Å². The van der Waals surface area contributed by atoms with Gasteiger partial charge in [0.2, 0.25) is 0 Å². The molecule has 116 valence electrons. The summed E-state index contributed by atoms with van der Waals surface area (Å²) < 4.78 is 1.43. The fourth-order valence-corrected chi connectivity index (χ4v) is 4.39. The molecule has 2 aromatic heterocycles. The highest BCUT2D eigenvalue weighted by Crippen LogP contribution is 2.33. The van der Waals surface area contributed by atoms with Crippen molar-refractivity contribution in [3.8, 4) is 0 Å². The molecule has 0 unspecified atom stereocenters. The SMILES string of the molecule is Cc1nc2sc3c(c2c(=O)n1/N=C/c1ccccc1)CCCC3. The Bertz CT molecular complexity index is 954. The fourth-order valence-electron chi connectivity index (χ4n) is 3.10. The first-order chi connectivity index (χ1) is 11.2. The van der Waals surface area contributed by atoms with Crippen molar-refractivity contribution in [1.29, 1.82) is 0 Å². The Balaban J connectivity index is 1.87. The van der Waals surface area contributed by atoms with Crippen LogP contribution in [0.5, 0.6) is 0 Å². The molecule has 0 saturated carbocycles. The van der Waals surface area contributed by atoms with Gasteiger partial charge in [-0.3, -0.25) is 4.79 Å². The van der Waals surface area contributed by atoms with E-state index < -0.39 is 0 Å². The highest BCUT2D eigenvalue weighted by atomic mass is 32.1. The molecule has 0 fully saturated rings. The lowest BCUT2D eigenvalue weighted by Crippen LogP contribution is -2.21. The molecule has 0 spiro atoms. The average Bonchev–Trinajstić information content (AvgIpc) is 2.93. The summed E-state index contributed by atoms with van der Waals surface area (Å²) in [7, 11) is 0. The van der Waals surface area contributed by atoms with Gasteiger partial charge in [-0.05, 0) is 43.7 Å². The number of nitrogens with zero attached hydrogens (tertiary/aromatic N) is 3. The van der Waals surface area contributed by atoms with E-state index in [1.165, 1.54) is 21.5 Å². The van der Waals surface area contributed by atoms with E-state index in [2.05, 4.69) is 10.1 Å². The third-order valence-corrected chi connectivity index (χ3v) is 5.44. The van der Waals surface area contributed by atoms with Gasteiger partial charge in [0.05, 0.1) is 11.6 Å². The zero-order valence-electron chi connectivity index (χ0n) is 13.0. The Hall–Kier alpha value is -2.27. The first-order valence-corrected chi connectivity index (χ1v) is 8.69. The standard InChI is InChI=1S/C18H17N3OS/c1-12-20-17-16(14-9-5-6-10-15(14)23-17)18(22)21(12)19-11-13-7-3-2-4-8-13/h2-4,7-8,11H,5-6,9-10H2,1H3/b19-11+. The lowest BCUT2D eigenvalue weighted by atomic mass is 9.97. The summed E-state index contributed by atoms with van der Waals surface area (Å²) in [5.41, 5.74) is 2.13. The number of aryl methyl sites for hydroxylation is 3. The van der Waals surface area contributed by atoms with E-state index in [4.69, 9.17) is 0 Å². The van der Waals surface area contributed by atoms with Gasteiger partial charge in [-0.15, -0.1) is 11.3 Å². The van der Waals surface area contributed by atoms with Gasteiger partial charge in [-0.25, -0.2) is 4.98 Å². The van der Waals surface area contributed by atoms with Gasteiger partial charge >= 0.3 is 0 Å². The van der Waals surface area contributed by atoms with Crippen LogP contribution < -0.4 is 5.56 Å².